The van der Waals surface area contributed by atoms with Gasteiger partial charge in [0.2, 0.25) is 0 Å². The van der Waals surface area contributed by atoms with Gasteiger partial charge in [0.15, 0.2) is 5.76 Å². The van der Waals surface area contributed by atoms with E-state index in [1.807, 2.05) is 19.9 Å². The van der Waals surface area contributed by atoms with E-state index in [4.69, 9.17) is 4.52 Å². The van der Waals surface area contributed by atoms with Gasteiger partial charge in [-0.15, -0.1) is 11.3 Å². The third-order valence-electron chi connectivity index (χ3n) is 3.16. The number of aryl methyl sites for hydroxylation is 2. The summed E-state index contributed by atoms with van der Waals surface area (Å²) in [5.74, 6) is 0.656. The Kier molecular flexibility index (Phi) is 4.44. The zero-order chi connectivity index (χ0) is 14.7. The minimum Gasteiger partial charge on any atom is -0.359 e. The Morgan fingerprint density at radius 2 is 2.25 bits per heavy atom. The predicted molar refractivity (Wildman–Crippen MR) is 78.7 cm³/mol. The lowest BCUT2D eigenvalue weighted by molar-refractivity contribution is 0.193. The van der Waals surface area contributed by atoms with Crippen LogP contribution in [0.1, 0.15) is 34.2 Å². The lowest BCUT2D eigenvalue weighted by atomic mass is 10.2. The lowest BCUT2D eigenvalue weighted by Crippen LogP contribution is -2.38. The molecule has 0 aliphatic rings. The molecule has 0 saturated carbocycles. The molecule has 108 valence electrons. The Morgan fingerprint density at radius 1 is 1.50 bits per heavy atom. The van der Waals surface area contributed by atoms with E-state index in [1.54, 1.807) is 23.3 Å². The number of hydrogen-bond donors (Lipinski definition) is 1. The molecule has 0 aliphatic carbocycles. The van der Waals surface area contributed by atoms with Crippen LogP contribution < -0.4 is 5.32 Å². The van der Waals surface area contributed by atoms with Crippen LogP contribution in [0.15, 0.2) is 22.7 Å². The van der Waals surface area contributed by atoms with Crippen molar-refractivity contribution in [2.24, 2.45) is 0 Å². The number of rotatable bonds is 4. The van der Waals surface area contributed by atoms with Gasteiger partial charge in [-0.1, -0.05) is 5.16 Å². The van der Waals surface area contributed by atoms with Crippen molar-refractivity contribution in [3.05, 3.63) is 39.4 Å². The van der Waals surface area contributed by atoms with E-state index in [2.05, 4.69) is 29.5 Å². The summed E-state index contributed by atoms with van der Waals surface area (Å²) in [5.41, 5.74) is 0.810. The van der Waals surface area contributed by atoms with Crippen molar-refractivity contribution in [1.82, 2.24) is 15.4 Å². The van der Waals surface area contributed by atoms with Crippen molar-refractivity contribution in [2.75, 3.05) is 7.05 Å². The molecular formula is C14H19N3O2S. The van der Waals surface area contributed by atoms with E-state index in [9.17, 15) is 4.79 Å². The Bertz CT molecular complexity index is 591. The molecule has 0 radical (unpaired) electrons. The van der Waals surface area contributed by atoms with Crippen LogP contribution in [0.4, 0.5) is 4.79 Å². The third-order valence-corrected chi connectivity index (χ3v) is 4.34. The van der Waals surface area contributed by atoms with Crippen LogP contribution in [0.2, 0.25) is 0 Å². The number of amides is 2. The molecule has 0 aliphatic heterocycles. The summed E-state index contributed by atoms with van der Waals surface area (Å²) in [7, 11) is 1.79. The van der Waals surface area contributed by atoms with Crippen LogP contribution in [0, 0.1) is 13.8 Å². The Morgan fingerprint density at radius 3 is 2.80 bits per heavy atom. The van der Waals surface area contributed by atoms with Gasteiger partial charge >= 0.3 is 6.03 Å². The Hall–Kier alpha value is -1.82. The second-order valence-corrected chi connectivity index (χ2v) is 6.15. The second kappa shape index (κ2) is 6.09. The summed E-state index contributed by atoms with van der Waals surface area (Å²) in [6, 6.07) is 5.86. The number of aromatic nitrogens is 1. The van der Waals surface area contributed by atoms with Crippen molar-refractivity contribution >= 4 is 17.4 Å². The van der Waals surface area contributed by atoms with E-state index in [0.717, 1.165) is 5.69 Å². The molecule has 0 bridgehead atoms. The normalized spacial score (nSPS) is 12.2. The zero-order valence-corrected chi connectivity index (χ0v) is 13.0. The Labute approximate surface area is 122 Å². The van der Waals surface area contributed by atoms with Crippen LogP contribution in [-0.2, 0) is 6.54 Å². The average Bonchev–Trinajstić information content (AvgIpc) is 3.03. The summed E-state index contributed by atoms with van der Waals surface area (Å²) in [6.45, 7) is 6.28. The summed E-state index contributed by atoms with van der Waals surface area (Å²) >= 11 is 1.71. The van der Waals surface area contributed by atoms with Gasteiger partial charge in [-0.3, -0.25) is 0 Å². The van der Waals surface area contributed by atoms with Crippen molar-refractivity contribution in [3.63, 3.8) is 0 Å². The van der Waals surface area contributed by atoms with Gasteiger partial charge in [0.05, 0.1) is 18.3 Å². The summed E-state index contributed by atoms with van der Waals surface area (Å²) in [4.78, 5) is 16.2. The molecule has 2 aromatic rings. The maximum Gasteiger partial charge on any atom is 0.318 e. The van der Waals surface area contributed by atoms with Gasteiger partial charge in [-0.05, 0) is 32.9 Å². The fourth-order valence-corrected chi connectivity index (χ4v) is 2.80. The lowest BCUT2D eigenvalue weighted by Gasteiger charge is -2.24. The number of urea groups is 1. The fourth-order valence-electron chi connectivity index (χ4n) is 1.83. The van der Waals surface area contributed by atoms with E-state index in [-0.39, 0.29) is 12.1 Å². The number of thiophene rings is 1. The first-order valence-corrected chi connectivity index (χ1v) is 7.28. The van der Waals surface area contributed by atoms with E-state index < -0.39 is 0 Å². The number of carbonyl (C=O) groups is 1. The van der Waals surface area contributed by atoms with E-state index in [1.165, 1.54) is 9.75 Å². The molecule has 0 aromatic carbocycles. The molecule has 0 unspecified atom stereocenters. The van der Waals surface area contributed by atoms with Crippen molar-refractivity contribution in [1.29, 1.82) is 0 Å². The van der Waals surface area contributed by atoms with Crippen LogP contribution in [0.25, 0.3) is 0 Å². The van der Waals surface area contributed by atoms with E-state index in [0.29, 0.717) is 12.3 Å². The van der Waals surface area contributed by atoms with Crippen LogP contribution in [-0.4, -0.2) is 23.1 Å². The molecule has 0 fully saturated rings. The van der Waals surface area contributed by atoms with E-state index >= 15 is 0 Å². The molecular weight excluding hydrogens is 274 g/mol. The van der Waals surface area contributed by atoms with Crippen LogP contribution >= 0.6 is 11.3 Å². The molecule has 2 rings (SSSR count). The maximum absolute atomic E-state index is 12.1. The SMILES string of the molecule is Cc1cc(CNC(=O)N(C)[C@@H](C)c2ccc(C)s2)on1. The molecule has 1 atom stereocenters. The van der Waals surface area contributed by atoms with Crippen LogP contribution in [0.3, 0.4) is 0 Å². The van der Waals surface area contributed by atoms with Gasteiger partial charge in [0.1, 0.15) is 0 Å². The highest BCUT2D eigenvalue weighted by molar-refractivity contribution is 7.12. The van der Waals surface area contributed by atoms with Crippen LogP contribution in [0.5, 0.6) is 0 Å². The summed E-state index contributed by atoms with van der Waals surface area (Å²) in [5, 5.41) is 6.61. The van der Waals surface area contributed by atoms with Gasteiger partial charge in [-0.2, -0.15) is 0 Å². The standard InChI is InChI=1S/C14H19N3O2S/c1-9-7-12(19-16-9)8-15-14(18)17(4)11(3)13-6-5-10(2)20-13/h5-7,11H,8H2,1-4H3,(H,15,18)/t11-/m0/s1. The van der Waals surface area contributed by atoms with Crippen molar-refractivity contribution in [3.8, 4) is 0 Å². The second-order valence-electron chi connectivity index (χ2n) is 4.83. The molecule has 6 heteroatoms. The van der Waals surface area contributed by atoms with Gasteiger partial charge in [0.25, 0.3) is 0 Å². The van der Waals surface area contributed by atoms with Gasteiger partial charge < -0.3 is 14.7 Å². The highest BCUT2D eigenvalue weighted by Gasteiger charge is 2.18. The van der Waals surface area contributed by atoms with Crippen molar-refractivity contribution in [2.45, 2.75) is 33.4 Å². The molecule has 5 nitrogen and oxygen atoms in total. The predicted octanol–water partition coefficient (Wildman–Crippen LogP) is 3.26. The quantitative estimate of drug-likeness (QED) is 0.941. The molecule has 20 heavy (non-hydrogen) atoms. The molecule has 2 aromatic heterocycles. The topological polar surface area (TPSA) is 58.4 Å². The minimum atomic E-state index is -0.127. The zero-order valence-electron chi connectivity index (χ0n) is 12.1. The number of hydrogen-bond acceptors (Lipinski definition) is 4. The Balaban J connectivity index is 1.91. The summed E-state index contributed by atoms with van der Waals surface area (Å²) < 4.78 is 5.06. The van der Waals surface area contributed by atoms with Gasteiger partial charge in [-0.25, -0.2) is 4.79 Å². The first-order valence-electron chi connectivity index (χ1n) is 6.46. The third kappa shape index (κ3) is 3.39. The summed E-state index contributed by atoms with van der Waals surface area (Å²) in [6.07, 6.45) is 0. The number of carbonyl (C=O) groups excluding carboxylic acids is 1. The average molecular weight is 293 g/mol. The molecule has 0 saturated heterocycles. The number of nitrogens with one attached hydrogen (secondary N) is 1. The maximum atomic E-state index is 12.1. The molecule has 2 amide bonds. The first kappa shape index (κ1) is 14.6. The minimum absolute atomic E-state index is 0.0464. The highest BCUT2D eigenvalue weighted by Crippen LogP contribution is 2.26. The molecule has 1 N–H and O–H groups in total. The fraction of sp³-hybridized carbons (Fsp3) is 0.429. The number of nitrogens with zero attached hydrogens (tertiary/aromatic N) is 2. The monoisotopic (exact) mass is 293 g/mol. The highest BCUT2D eigenvalue weighted by atomic mass is 32.1. The van der Waals surface area contributed by atoms with Crippen molar-refractivity contribution < 1.29 is 9.32 Å². The van der Waals surface area contributed by atoms with Gasteiger partial charge in [0, 0.05) is 22.9 Å². The smallest absolute Gasteiger partial charge is 0.318 e. The molecule has 0 spiro atoms. The largest absolute Gasteiger partial charge is 0.359 e. The molecule has 2 heterocycles. The first-order chi connectivity index (χ1) is 9.47.